The van der Waals surface area contributed by atoms with Crippen LogP contribution in [0, 0.1) is 6.42 Å². The molecule has 1 aliphatic rings. The number of carbonyl (C=O) groups is 2. The van der Waals surface area contributed by atoms with Gasteiger partial charge in [0.15, 0.2) is 0 Å². The fourth-order valence-electron chi connectivity index (χ4n) is 4.23. The van der Waals surface area contributed by atoms with Crippen molar-refractivity contribution in [3.63, 3.8) is 0 Å². The van der Waals surface area contributed by atoms with E-state index in [2.05, 4.69) is 40.2 Å². The second-order valence-electron chi connectivity index (χ2n) is 7.47. The Kier molecular flexibility index (Phi) is 7.30. The van der Waals surface area contributed by atoms with Gasteiger partial charge in [-0.15, -0.1) is 0 Å². The van der Waals surface area contributed by atoms with Gasteiger partial charge in [0.1, 0.15) is 5.75 Å². The lowest BCUT2D eigenvalue weighted by Gasteiger charge is -2.21. The molecule has 0 aromatic heterocycles. The van der Waals surface area contributed by atoms with Gasteiger partial charge in [-0.3, -0.25) is 14.5 Å². The molecule has 4 nitrogen and oxygen atoms in total. The minimum absolute atomic E-state index is 0.206. The SMILES string of the molecule is CC[C]c1cc(CC)c(OCCCN2C(=O)c3ccccc3C2=O)c(CC)c1CC. The van der Waals surface area contributed by atoms with Crippen molar-refractivity contribution >= 4 is 11.8 Å². The van der Waals surface area contributed by atoms with Crippen LogP contribution >= 0.6 is 0 Å². The average Bonchev–Trinajstić information content (AvgIpc) is 3.01. The number of ether oxygens (including phenoxy) is 1. The lowest BCUT2D eigenvalue weighted by molar-refractivity contribution is 0.0646. The number of rotatable bonds is 10. The molecule has 1 aliphatic heterocycles. The van der Waals surface area contributed by atoms with Crippen molar-refractivity contribution in [1.29, 1.82) is 0 Å². The molecule has 3 rings (SSSR count). The summed E-state index contributed by atoms with van der Waals surface area (Å²) in [7, 11) is 0. The Labute approximate surface area is 180 Å². The van der Waals surface area contributed by atoms with E-state index < -0.39 is 0 Å². The molecule has 0 N–H and O–H groups in total. The summed E-state index contributed by atoms with van der Waals surface area (Å²) in [6, 6.07) is 9.21. The quantitative estimate of drug-likeness (QED) is 0.399. The fraction of sp³-hybridized carbons (Fsp3) is 0.423. The van der Waals surface area contributed by atoms with Crippen LogP contribution in [0.5, 0.6) is 5.75 Å². The van der Waals surface area contributed by atoms with Gasteiger partial charge in [0.2, 0.25) is 0 Å². The third-order valence-corrected chi connectivity index (χ3v) is 5.68. The highest BCUT2D eigenvalue weighted by molar-refractivity contribution is 6.21. The highest BCUT2D eigenvalue weighted by Gasteiger charge is 2.34. The molecule has 158 valence electrons. The third-order valence-electron chi connectivity index (χ3n) is 5.68. The zero-order valence-electron chi connectivity index (χ0n) is 18.5. The summed E-state index contributed by atoms with van der Waals surface area (Å²) < 4.78 is 6.26. The van der Waals surface area contributed by atoms with E-state index in [0.29, 0.717) is 30.7 Å². The van der Waals surface area contributed by atoms with Crippen LogP contribution in [0.1, 0.15) is 83.5 Å². The number of hydrogen-bond donors (Lipinski definition) is 0. The number of aryl methyl sites for hydroxylation is 1. The molecule has 1 heterocycles. The number of nitrogens with zero attached hydrogens (tertiary/aromatic N) is 1. The van der Waals surface area contributed by atoms with Gasteiger partial charge >= 0.3 is 0 Å². The second kappa shape index (κ2) is 9.92. The smallest absolute Gasteiger partial charge is 0.261 e. The Balaban J connectivity index is 1.70. The zero-order chi connectivity index (χ0) is 21.7. The third kappa shape index (κ3) is 4.14. The molecule has 4 heteroatoms. The Morgan fingerprint density at radius 1 is 0.900 bits per heavy atom. The second-order valence-corrected chi connectivity index (χ2v) is 7.47. The first-order valence-corrected chi connectivity index (χ1v) is 11.1. The van der Waals surface area contributed by atoms with Crippen LogP contribution in [0.3, 0.4) is 0 Å². The number of carbonyl (C=O) groups excluding carboxylic acids is 2. The van der Waals surface area contributed by atoms with Crippen molar-refractivity contribution in [2.24, 2.45) is 0 Å². The van der Waals surface area contributed by atoms with Crippen LogP contribution in [0.25, 0.3) is 0 Å². The molecule has 2 aromatic rings. The predicted octanol–water partition coefficient (Wildman–Crippen LogP) is 5.28. The number of benzene rings is 2. The summed E-state index contributed by atoms with van der Waals surface area (Å²) >= 11 is 0. The lowest BCUT2D eigenvalue weighted by Crippen LogP contribution is -2.31. The van der Waals surface area contributed by atoms with Crippen molar-refractivity contribution in [2.45, 2.75) is 59.8 Å². The molecule has 0 spiro atoms. The summed E-state index contributed by atoms with van der Waals surface area (Å²) in [6.45, 7) is 9.42. The first-order chi connectivity index (χ1) is 14.6. The molecule has 0 unspecified atom stereocenters. The van der Waals surface area contributed by atoms with Crippen LogP contribution in [-0.4, -0.2) is 29.9 Å². The highest BCUT2D eigenvalue weighted by atomic mass is 16.5. The van der Waals surface area contributed by atoms with Crippen molar-refractivity contribution in [1.82, 2.24) is 4.90 Å². The molecule has 0 saturated heterocycles. The summed E-state index contributed by atoms with van der Waals surface area (Å²) in [6.07, 6.45) is 7.73. The maximum atomic E-state index is 12.5. The standard InChI is InChI=1S/C26H31NO3/c1-5-12-19-17-18(6-2)24(21(8-4)20(19)7-3)30-16-11-15-27-25(28)22-13-9-10-14-23(22)26(27)29/h9-10,13-14,17H,5-8,11,15-16H2,1-4H3. The summed E-state index contributed by atoms with van der Waals surface area (Å²) in [5.41, 5.74) is 5.96. The van der Waals surface area contributed by atoms with E-state index in [-0.39, 0.29) is 11.8 Å². The molecule has 30 heavy (non-hydrogen) atoms. The maximum Gasteiger partial charge on any atom is 0.261 e. The molecular weight excluding hydrogens is 374 g/mol. The van der Waals surface area contributed by atoms with E-state index >= 15 is 0 Å². The van der Waals surface area contributed by atoms with Gasteiger partial charge in [0, 0.05) is 13.0 Å². The summed E-state index contributed by atoms with van der Waals surface area (Å²) in [5, 5.41) is 0. The number of fused-ring (bicyclic) bond motifs is 1. The van der Waals surface area contributed by atoms with E-state index in [1.54, 1.807) is 24.3 Å². The van der Waals surface area contributed by atoms with Gasteiger partial charge in [0.05, 0.1) is 17.7 Å². The van der Waals surface area contributed by atoms with Gasteiger partial charge in [-0.1, -0.05) is 45.9 Å². The first-order valence-electron chi connectivity index (χ1n) is 11.1. The van der Waals surface area contributed by atoms with Gasteiger partial charge in [0.25, 0.3) is 11.8 Å². The maximum absolute atomic E-state index is 12.5. The summed E-state index contributed by atoms with van der Waals surface area (Å²) in [4.78, 5) is 26.4. The van der Waals surface area contributed by atoms with Crippen LogP contribution in [0.4, 0.5) is 0 Å². The van der Waals surface area contributed by atoms with Crippen LogP contribution in [0.15, 0.2) is 30.3 Å². The highest BCUT2D eigenvalue weighted by Crippen LogP contribution is 2.33. The Bertz CT molecular complexity index is 897. The first kappa shape index (κ1) is 22.1. The van der Waals surface area contributed by atoms with Crippen molar-refractivity contribution in [2.75, 3.05) is 13.2 Å². The topological polar surface area (TPSA) is 46.6 Å². The molecule has 0 fully saturated rings. The molecule has 2 aromatic carbocycles. The van der Waals surface area contributed by atoms with Gasteiger partial charge in [-0.2, -0.15) is 0 Å². The Hall–Kier alpha value is -2.62. The molecule has 0 aliphatic carbocycles. The van der Waals surface area contributed by atoms with Gasteiger partial charge in [-0.05, 0) is 66.5 Å². The van der Waals surface area contributed by atoms with Crippen molar-refractivity contribution in [3.05, 3.63) is 70.1 Å². The van der Waals surface area contributed by atoms with Gasteiger partial charge in [-0.25, -0.2) is 0 Å². The molecule has 0 atom stereocenters. The minimum Gasteiger partial charge on any atom is -0.493 e. The number of hydrogen-bond acceptors (Lipinski definition) is 3. The normalized spacial score (nSPS) is 13.1. The molecule has 0 saturated carbocycles. The van der Waals surface area contributed by atoms with E-state index in [1.165, 1.54) is 27.2 Å². The van der Waals surface area contributed by atoms with Gasteiger partial charge < -0.3 is 4.74 Å². The largest absolute Gasteiger partial charge is 0.493 e. The van der Waals surface area contributed by atoms with Crippen LogP contribution in [-0.2, 0) is 19.3 Å². The van der Waals surface area contributed by atoms with E-state index in [9.17, 15) is 9.59 Å². The monoisotopic (exact) mass is 405 g/mol. The predicted molar refractivity (Wildman–Crippen MR) is 119 cm³/mol. The minimum atomic E-state index is -0.206. The van der Waals surface area contributed by atoms with E-state index in [0.717, 1.165) is 31.4 Å². The van der Waals surface area contributed by atoms with Crippen LogP contribution < -0.4 is 4.74 Å². The Morgan fingerprint density at radius 2 is 1.53 bits per heavy atom. The number of imide groups is 1. The lowest BCUT2D eigenvalue weighted by atomic mass is 9.90. The summed E-state index contributed by atoms with van der Waals surface area (Å²) in [5.74, 6) is 0.561. The van der Waals surface area contributed by atoms with Crippen LogP contribution in [0.2, 0.25) is 0 Å². The van der Waals surface area contributed by atoms with Crippen molar-refractivity contribution in [3.8, 4) is 5.75 Å². The van der Waals surface area contributed by atoms with E-state index in [1.807, 2.05) is 0 Å². The molecule has 0 bridgehead atoms. The zero-order valence-corrected chi connectivity index (χ0v) is 18.5. The molecule has 2 radical (unpaired) electrons. The Morgan fingerprint density at radius 3 is 2.07 bits per heavy atom. The molecule has 2 amide bonds. The average molecular weight is 406 g/mol. The number of amides is 2. The van der Waals surface area contributed by atoms with E-state index in [4.69, 9.17) is 4.74 Å². The van der Waals surface area contributed by atoms with Crippen molar-refractivity contribution < 1.29 is 14.3 Å². The fourth-order valence-corrected chi connectivity index (χ4v) is 4.23. The molecular formula is C26H31NO3.